The number of aromatic hydroxyl groups is 1. The number of hydrogen-bond acceptors (Lipinski definition) is 9. The Bertz CT molecular complexity index is 1450. The summed E-state index contributed by atoms with van der Waals surface area (Å²) in [5.74, 6) is -0.900. The quantitative estimate of drug-likeness (QED) is 0.392. The Labute approximate surface area is 214 Å². The molecule has 0 saturated heterocycles. The van der Waals surface area contributed by atoms with Gasteiger partial charge in [-0.25, -0.2) is 4.98 Å². The van der Waals surface area contributed by atoms with E-state index >= 15 is 0 Å². The zero-order valence-electron chi connectivity index (χ0n) is 21.6. The van der Waals surface area contributed by atoms with E-state index in [9.17, 15) is 24.8 Å². The van der Waals surface area contributed by atoms with E-state index in [4.69, 9.17) is 0 Å². The summed E-state index contributed by atoms with van der Waals surface area (Å²) in [6, 6.07) is 2.99. The standard InChI is InChI=1S/C26H31N7O4/c1-14(2)33(5)25(37)20-21(34)16(8-11-28-20)29-18-19(23(36)22(18)35)30-24(26(3)9-6-7-10-26)17-15(12-27)13-32(4)31-17/h8,11,13-14,24,30,34H,6-7,9-10H2,1-5H3,(H,28,29). The lowest BCUT2D eigenvalue weighted by atomic mass is 9.78. The summed E-state index contributed by atoms with van der Waals surface area (Å²) in [4.78, 5) is 43.5. The van der Waals surface area contributed by atoms with Gasteiger partial charge in [-0.15, -0.1) is 0 Å². The fourth-order valence-electron chi connectivity index (χ4n) is 4.89. The maximum absolute atomic E-state index is 12.8. The van der Waals surface area contributed by atoms with Crippen molar-refractivity contribution >= 4 is 23.0 Å². The highest BCUT2D eigenvalue weighted by Gasteiger charge is 2.42. The van der Waals surface area contributed by atoms with Gasteiger partial charge in [-0.2, -0.15) is 10.4 Å². The van der Waals surface area contributed by atoms with Crippen LogP contribution in [0.1, 0.15) is 74.2 Å². The molecule has 1 unspecified atom stereocenters. The fourth-order valence-corrected chi connectivity index (χ4v) is 4.89. The molecule has 1 amide bonds. The predicted octanol–water partition coefficient (Wildman–Crippen LogP) is 2.95. The number of carbonyl (C=O) groups is 1. The molecule has 1 saturated carbocycles. The molecule has 2 heterocycles. The van der Waals surface area contributed by atoms with Crippen LogP contribution >= 0.6 is 0 Å². The van der Waals surface area contributed by atoms with Gasteiger partial charge in [0.1, 0.15) is 23.1 Å². The average Bonchev–Trinajstić information content (AvgIpc) is 3.48. The fraction of sp³-hybridized carbons (Fsp3) is 0.462. The molecule has 2 aromatic heterocycles. The highest BCUT2D eigenvalue weighted by molar-refractivity contribution is 5.97. The van der Waals surface area contributed by atoms with Gasteiger partial charge in [0.05, 0.1) is 17.3 Å². The number of nitrogens with zero attached hydrogens (tertiary/aromatic N) is 5. The Morgan fingerprint density at radius 3 is 2.51 bits per heavy atom. The second kappa shape index (κ2) is 9.69. The first kappa shape index (κ1) is 25.9. The SMILES string of the molecule is CC(C)N(C)C(=O)c1nccc(Nc2c(NC(c3nn(C)cc3C#N)C3(C)CCCC3)c(=O)c2=O)c1O. The summed E-state index contributed by atoms with van der Waals surface area (Å²) < 4.78 is 1.56. The van der Waals surface area contributed by atoms with Crippen molar-refractivity contribution in [1.82, 2.24) is 19.7 Å². The number of anilines is 3. The van der Waals surface area contributed by atoms with E-state index in [1.807, 2.05) is 13.8 Å². The third-order valence-corrected chi connectivity index (χ3v) is 7.37. The van der Waals surface area contributed by atoms with Gasteiger partial charge in [0, 0.05) is 32.5 Å². The van der Waals surface area contributed by atoms with Gasteiger partial charge in [0.15, 0.2) is 11.4 Å². The summed E-state index contributed by atoms with van der Waals surface area (Å²) in [7, 11) is 3.33. The summed E-state index contributed by atoms with van der Waals surface area (Å²) >= 11 is 0. The summed E-state index contributed by atoms with van der Waals surface area (Å²) in [6.07, 6.45) is 6.72. The molecule has 0 bridgehead atoms. The maximum atomic E-state index is 12.8. The van der Waals surface area contributed by atoms with Crippen molar-refractivity contribution < 1.29 is 9.90 Å². The molecule has 1 aliphatic rings. The van der Waals surface area contributed by atoms with Crippen LogP contribution in [0.15, 0.2) is 28.0 Å². The van der Waals surface area contributed by atoms with E-state index < -0.39 is 28.6 Å². The molecule has 3 aromatic rings. The average molecular weight is 506 g/mol. The van der Waals surface area contributed by atoms with Gasteiger partial charge in [-0.3, -0.25) is 19.1 Å². The lowest BCUT2D eigenvalue weighted by molar-refractivity contribution is 0.0746. The lowest BCUT2D eigenvalue weighted by Crippen LogP contribution is -2.40. The van der Waals surface area contributed by atoms with Crippen molar-refractivity contribution in [2.24, 2.45) is 12.5 Å². The van der Waals surface area contributed by atoms with Gasteiger partial charge < -0.3 is 20.6 Å². The largest absolute Gasteiger partial charge is 0.504 e. The van der Waals surface area contributed by atoms with Crippen LogP contribution in [0.2, 0.25) is 0 Å². The van der Waals surface area contributed by atoms with Gasteiger partial charge in [0.25, 0.3) is 16.8 Å². The second-order valence-electron chi connectivity index (χ2n) is 10.3. The van der Waals surface area contributed by atoms with Crippen molar-refractivity contribution in [3.05, 3.63) is 55.9 Å². The van der Waals surface area contributed by atoms with Crippen LogP contribution in [-0.2, 0) is 7.05 Å². The van der Waals surface area contributed by atoms with E-state index in [1.165, 1.54) is 17.2 Å². The highest BCUT2D eigenvalue weighted by atomic mass is 16.3. The van der Waals surface area contributed by atoms with Crippen LogP contribution in [0.4, 0.5) is 17.1 Å². The molecular formula is C26H31N7O4. The van der Waals surface area contributed by atoms with Crippen LogP contribution < -0.4 is 21.5 Å². The molecule has 1 aliphatic carbocycles. The zero-order valence-corrected chi connectivity index (χ0v) is 21.6. The van der Waals surface area contributed by atoms with Crippen molar-refractivity contribution in [2.75, 3.05) is 17.7 Å². The first-order valence-electron chi connectivity index (χ1n) is 12.2. The Morgan fingerprint density at radius 2 is 1.89 bits per heavy atom. The molecular weight excluding hydrogens is 474 g/mol. The van der Waals surface area contributed by atoms with Crippen molar-refractivity contribution in [2.45, 2.75) is 58.5 Å². The number of nitriles is 1. The molecule has 1 atom stereocenters. The van der Waals surface area contributed by atoms with Crippen molar-refractivity contribution in [3.63, 3.8) is 0 Å². The molecule has 0 aliphatic heterocycles. The molecule has 0 radical (unpaired) electrons. The van der Waals surface area contributed by atoms with E-state index in [-0.39, 0.29) is 34.2 Å². The number of hydrogen-bond donors (Lipinski definition) is 3. The molecule has 37 heavy (non-hydrogen) atoms. The van der Waals surface area contributed by atoms with Gasteiger partial charge in [0.2, 0.25) is 0 Å². The number of aryl methyl sites for hydroxylation is 1. The van der Waals surface area contributed by atoms with Crippen LogP contribution in [0.25, 0.3) is 0 Å². The summed E-state index contributed by atoms with van der Waals surface area (Å²) in [6.45, 7) is 5.75. The predicted molar refractivity (Wildman–Crippen MR) is 139 cm³/mol. The molecule has 1 fully saturated rings. The Morgan fingerprint density at radius 1 is 1.24 bits per heavy atom. The Balaban J connectivity index is 1.70. The number of rotatable bonds is 8. The third-order valence-electron chi connectivity index (χ3n) is 7.37. The van der Waals surface area contributed by atoms with E-state index in [0.717, 1.165) is 25.7 Å². The highest BCUT2D eigenvalue weighted by Crippen LogP contribution is 2.49. The first-order valence-corrected chi connectivity index (χ1v) is 12.2. The van der Waals surface area contributed by atoms with Gasteiger partial charge in [-0.05, 0) is 38.2 Å². The molecule has 3 N–H and O–H groups in total. The van der Waals surface area contributed by atoms with Crippen LogP contribution in [0.3, 0.4) is 0 Å². The van der Waals surface area contributed by atoms with E-state index in [2.05, 4.69) is 33.7 Å². The van der Waals surface area contributed by atoms with Crippen molar-refractivity contribution in [1.29, 1.82) is 5.26 Å². The molecule has 1 aromatic carbocycles. The minimum atomic E-state index is -0.747. The normalized spacial score (nSPS) is 15.5. The van der Waals surface area contributed by atoms with Crippen LogP contribution in [0.5, 0.6) is 5.75 Å². The topological polar surface area (TPSA) is 153 Å². The second-order valence-corrected chi connectivity index (χ2v) is 10.3. The van der Waals surface area contributed by atoms with Crippen LogP contribution in [0, 0.1) is 16.7 Å². The van der Waals surface area contributed by atoms with E-state index in [0.29, 0.717) is 11.3 Å². The molecule has 4 rings (SSSR count). The number of amides is 1. The Kier molecular flexibility index (Phi) is 6.78. The minimum Gasteiger partial charge on any atom is -0.504 e. The van der Waals surface area contributed by atoms with Crippen LogP contribution in [-0.4, -0.2) is 43.8 Å². The van der Waals surface area contributed by atoms with Crippen molar-refractivity contribution in [3.8, 4) is 11.8 Å². The summed E-state index contributed by atoms with van der Waals surface area (Å²) in [5.41, 5.74) is -0.894. The minimum absolute atomic E-state index is 0.0249. The third kappa shape index (κ3) is 4.55. The molecule has 194 valence electrons. The number of nitrogens with one attached hydrogen (secondary N) is 2. The lowest BCUT2D eigenvalue weighted by Gasteiger charge is -2.35. The molecule has 0 spiro atoms. The molecule has 11 heteroatoms. The first-order chi connectivity index (χ1) is 17.5. The number of carbonyl (C=O) groups excluding carboxylic acids is 1. The zero-order chi connectivity index (χ0) is 27.1. The van der Waals surface area contributed by atoms with E-state index in [1.54, 1.807) is 25.0 Å². The summed E-state index contributed by atoms with van der Waals surface area (Å²) in [5, 5.41) is 31.0. The molecule has 11 nitrogen and oxygen atoms in total. The number of pyridine rings is 1. The maximum Gasteiger partial charge on any atom is 0.276 e. The smallest absolute Gasteiger partial charge is 0.276 e. The monoisotopic (exact) mass is 505 g/mol. The van der Waals surface area contributed by atoms with Gasteiger partial charge >= 0.3 is 0 Å². The number of aromatic nitrogens is 3. The van der Waals surface area contributed by atoms with Gasteiger partial charge in [-0.1, -0.05) is 19.8 Å². The Hall–Kier alpha value is -4.20.